The summed E-state index contributed by atoms with van der Waals surface area (Å²) in [5, 5.41) is 15.2. The maximum absolute atomic E-state index is 12.2. The predicted molar refractivity (Wildman–Crippen MR) is 111 cm³/mol. The van der Waals surface area contributed by atoms with Gasteiger partial charge in [0.25, 0.3) is 0 Å². The average Bonchev–Trinajstić information content (AvgIpc) is 3.13. The van der Waals surface area contributed by atoms with Crippen LogP contribution >= 0.6 is 0 Å². The van der Waals surface area contributed by atoms with Gasteiger partial charge in [-0.2, -0.15) is 9.61 Å². The van der Waals surface area contributed by atoms with Crippen LogP contribution in [0.15, 0.2) is 47.4 Å². The zero-order valence-electron chi connectivity index (χ0n) is 16.6. The fourth-order valence-electron chi connectivity index (χ4n) is 3.03. The summed E-state index contributed by atoms with van der Waals surface area (Å²) in [6.45, 7) is 7.83. The van der Waals surface area contributed by atoms with Crippen molar-refractivity contribution in [3.05, 3.63) is 53.7 Å². The monoisotopic (exact) mass is 397 g/mol. The highest BCUT2D eigenvalue weighted by atomic mass is 32.2. The lowest BCUT2D eigenvalue weighted by Gasteiger charge is -2.09. The van der Waals surface area contributed by atoms with E-state index in [1.54, 1.807) is 22.7 Å². The molecule has 28 heavy (non-hydrogen) atoms. The van der Waals surface area contributed by atoms with Crippen LogP contribution in [0.2, 0.25) is 0 Å². The van der Waals surface area contributed by atoms with Gasteiger partial charge >= 0.3 is 0 Å². The number of nitrogens with zero attached hydrogens (tertiary/aromatic N) is 4. The number of aryl methyl sites for hydroxylation is 2. The molecular weight excluding hydrogens is 374 g/mol. The third-order valence-electron chi connectivity index (χ3n) is 4.48. The largest absolute Gasteiger partial charge is 0.240 e. The third kappa shape index (κ3) is 3.25. The van der Waals surface area contributed by atoms with Crippen LogP contribution in [0, 0.1) is 13.8 Å². The van der Waals surface area contributed by atoms with Gasteiger partial charge in [-0.1, -0.05) is 44.2 Å². The van der Waals surface area contributed by atoms with E-state index in [0.29, 0.717) is 17.0 Å². The molecule has 4 rings (SSSR count). The predicted octanol–water partition coefficient (Wildman–Crippen LogP) is 3.50. The zero-order chi connectivity index (χ0) is 20.5. The minimum absolute atomic E-state index is 0.176. The van der Waals surface area contributed by atoms with Crippen molar-refractivity contribution in [2.24, 2.45) is 0 Å². The molecule has 0 saturated heterocycles. The fraction of sp³-hybridized carbons (Fsp3) is 0.250. The van der Waals surface area contributed by atoms with Crippen LogP contribution in [0.25, 0.3) is 27.8 Å². The van der Waals surface area contributed by atoms with E-state index < -0.39 is 10.0 Å². The molecule has 0 bridgehead atoms. The van der Waals surface area contributed by atoms with Crippen LogP contribution in [0.4, 0.5) is 0 Å². The Balaban J connectivity index is 0.00000109. The molecule has 0 saturated carbocycles. The molecule has 2 aromatic heterocycles. The Morgan fingerprint density at radius 1 is 0.964 bits per heavy atom. The molecule has 2 heterocycles. The van der Waals surface area contributed by atoms with Crippen molar-refractivity contribution in [1.29, 1.82) is 0 Å². The minimum atomic E-state index is -3.55. The number of hydrogen-bond acceptors (Lipinski definition) is 5. The van der Waals surface area contributed by atoms with E-state index in [1.807, 2.05) is 52.0 Å². The Hall–Kier alpha value is -2.84. The van der Waals surface area contributed by atoms with Crippen LogP contribution in [-0.2, 0) is 10.0 Å². The fourth-order valence-corrected chi connectivity index (χ4v) is 3.79. The molecule has 7 nitrogen and oxygen atoms in total. The molecule has 0 unspecified atom stereocenters. The average molecular weight is 398 g/mol. The van der Waals surface area contributed by atoms with E-state index in [1.165, 1.54) is 7.05 Å². The van der Waals surface area contributed by atoms with Crippen LogP contribution in [0.1, 0.15) is 25.1 Å². The maximum atomic E-state index is 12.2. The van der Waals surface area contributed by atoms with Gasteiger partial charge in [0.15, 0.2) is 11.5 Å². The molecule has 0 spiro atoms. The number of benzene rings is 2. The van der Waals surface area contributed by atoms with Crippen LogP contribution in [0.3, 0.4) is 0 Å². The molecule has 0 aliphatic rings. The summed E-state index contributed by atoms with van der Waals surface area (Å²) in [6, 6.07) is 12.8. The molecule has 0 atom stereocenters. The summed E-state index contributed by atoms with van der Waals surface area (Å²) in [7, 11) is -2.17. The summed E-state index contributed by atoms with van der Waals surface area (Å²) in [6.07, 6.45) is 0. The van der Waals surface area contributed by atoms with Gasteiger partial charge in [0.1, 0.15) is 0 Å². The molecule has 2 aromatic carbocycles. The summed E-state index contributed by atoms with van der Waals surface area (Å²) < 4.78 is 28.3. The second kappa shape index (κ2) is 7.65. The van der Waals surface area contributed by atoms with Gasteiger partial charge in [0.05, 0.1) is 10.6 Å². The SMILES string of the molecule is CC.CNS(=O)(=O)c1ccc(C)c(-c2nnc3c4ccccc4c(C)nn23)c1. The summed E-state index contributed by atoms with van der Waals surface area (Å²) in [5.74, 6) is 0.513. The van der Waals surface area contributed by atoms with Crippen molar-refractivity contribution in [2.75, 3.05) is 7.05 Å². The Morgan fingerprint density at radius 2 is 1.64 bits per heavy atom. The highest BCUT2D eigenvalue weighted by molar-refractivity contribution is 7.89. The van der Waals surface area contributed by atoms with Crippen LogP contribution < -0.4 is 4.72 Å². The first-order valence-corrected chi connectivity index (χ1v) is 10.6. The lowest BCUT2D eigenvalue weighted by molar-refractivity contribution is 0.588. The van der Waals surface area contributed by atoms with Gasteiger partial charge in [-0.25, -0.2) is 13.1 Å². The van der Waals surface area contributed by atoms with E-state index in [4.69, 9.17) is 0 Å². The van der Waals surface area contributed by atoms with E-state index >= 15 is 0 Å². The Kier molecular flexibility index (Phi) is 5.44. The Morgan fingerprint density at radius 3 is 2.32 bits per heavy atom. The van der Waals surface area contributed by atoms with Gasteiger partial charge in [-0.15, -0.1) is 10.2 Å². The van der Waals surface area contributed by atoms with E-state index in [2.05, 4.69) is 20.0 Å². The molecule has 4 aromatic rings. The highest BCUT2D eigenvalue weighted by Gasteiger charge is 2.18. The number of nitrogens with one attached hydrogen (secondary N) is 1. The summed E-state index contributed by atoms with van der Waals surface area (Å²) >= 11 is 0. The van der Waals surface area contributed by atoms with Gasteiger partial charge in [0, 0.05) is 16.3 Å². The molecular formula is C20H23N5O2S. The standard InChI is InChI=1S/C18H17N5O2S.C2H6/c1-11-8-9-13(26(24,25)19-3)10-16(11)18-21-20-17-15-7-5-4-6-14(15)12(2)22-23(17)18;1-2/h4-10,19H,1-3H3;1-2H3. The minimum Gasteiger partial charge on any atom is -0.214 e. The number of hydrogen-bond donors (Lipinski definition) is 1. The first kappa shape index (κ1) is 19.9. The quantitative estimate of drug-likeness (QED) is 0.571. The number of rotatable bonds is 3. The van der Waals surface area contributed by atoms with Crippen LogP contribution in [0.5, 0.6) is 0 Å². The topological polar surface area (TPSA) is 89.2 Å². The number of fused-ring (bicyclic) bond motifs is 3. The first-order valence-electron chi connectivity index (χ1n) is 9.07. The van der Waals surface area contributed by atoms with Gasteiger partial charge < -0.3 is 0 Å². The summed E-state index contributed by atoms with van der Waals surface area (Å²) in [4.78, 5) is 0.176. The second-order valence-electron chi connectivity index (χ2n) is 6.07. The van der Waals surface area contributed by atoms with E-state index in [9.17, 15) is 8.42 Å². The Labute approximate surface area is 164 Å². The molecule has 0 aliphatic carbocycles. The van der Waals surface area contributed by atoms with Crippen molar-refractivity contribution < 1.29 is 8.42 Å². The van der Waals surface area contributed by atoms with Crippen LogP contribution in [-0.4, -0.2) is 35.3 Å². The first-order chi connectivity index (χ1) is 13.4. The van der Waals surface area contributed by atoms with Crippen molar-refractivity contribution in [3.63, 3.8) is 0 Å². The number of aromatic nitrogens is 4. The molecule has 0 fully saturated rings. The summed E-state index contributed by atoms with van der Waals surface area (Å²) in [5.41, 5.74) is 3.06. The van der Waals surface area contributed by atoms with E-state index in [-0.39, 0.29) is 4.90 Å². The normalized spacial score (nSPS) is 11.5. The Bertz CT molecular complexity index is 1260. The van der Waals surface area contributed by atoms with Gasteiger partial charge in [-0.05, 0) is 38.6 Å². The van der Waals surface area contributed by atoms with Crippen molar-refractivity contribution in [1.82, 2.24) is 24.5 Å². The molecule has 0 amide bonds. The number of sulfonamides is 1. The highest BCUT2D eigenvalue weighted by Crippen LogP contribution is 2.28. The van der Waals surface area contributed by atoms with E-state index in [0.717, 1.165) is 22.0 Å². The molecule has 8 heteroatoms. The van der Waals surface area contributed by atoms with Crippen molar-refractivity contribution >= 4 is 26.4 Å². The smallest absolute Gasteiger partial charge is 0.214 e. The molecule has 1 N–H and O–H groups in total. The molecule has 0 aliphatic heterocycles. The van der Waals surface area contributed by atoms with Gasteiger partial charge in [0.2, 0.25) is 10.0 Å². The zero-order valence-corrected chi connectivity index (χ0v) is 17.4. The van der Waals surface area contributed by atoms with Gasteiger partial charge in [-0.3, -0.25) is 0 Å². The maximum Gasteiger partial charge on any atom is 0.240 e. The van der Waals surface area contributed by atoms with Crippen molar-refractivity contribution in [2.45, 2.75) is 32.6 Å². The lowest BCUT2D eigenvalue weighted by Crippen LogP contribution is -2.18. The third-order valence-corrected chi connectivity index (χ3v) is 5.89. The molecule has 0 radical (unpaired) electrons. The second-order valence-corrected chi connectivity index (χ2v) is 7.96. The molecule has 146 valence electrons. The lowest BCUT2D eigenvalue weighted by atomic mass is 10.1. The van der Waals surface area contributed by atoms with Crippen molar-refractivity contribution in [3.8, 4) is 11.4 Å².